The van der Waals surface area contributed by atoms with Crippen LogP contribution in [0.1, 0.15) is 26.7 Å². The Bertz CT molecular complexity index is 1400. The quantitative estimate of drug-likeness (QED) is 0.383. The van der Waals surface area contributed by atoms with E-state index >= 15 is 0 Å². The van der Waals surface area contributed by atoms with E-state index < -0.39 is 0 Å². The topological polar surface area (TPSA) is 54.6 Å². The number of nitrogens with one attached hydrogen (secondary N) is 1. The van der Waals surface area contributed by atoms with Crippen LogP contribution in [-0.4, -0.2) is 21.8 Å². The van der Waals surface area contributed by atoms with Gasteiger partial charge in [-0.25, -0.2) is 4.98 Å². The molecule has 2 aliphatic heterocycles. The van der Waals surface area contributed by atoms with Crippen molar-refractivity contribution in [3.05, 3.63) is 82.9 Å². The Balaban J connectivity index is 1.83. The first kappa shape index (κ1) is 20.5. The van der Waals surface area contributed by atoms with Crippen LogP contribution in [0.3, 0.4) is 0 Å². The Labute approximate surface area is 192 Å². The third-order valence-electron chi connectivity index (χ3n) is 5.36. The van der Waals surface area contributed by atoms with Gasteiger partial charge in [-0.2, -0.15) is 0 Å². The van der Waals surface area contributed by atoms with Gasteiger partial charge >= 0.3 is 0 Å². The van der Waals surface area contributed by atoms with E-state index in [1.165, 1.54) is 0 Å². The molecular formula is C26H24ClN5. The van der Waals surface area contributed by atoms with Gasteiger partial charge in [0.25, 0.3) is 0 Å². The zero-order valence-corrected chi connectivity index (χ0v) is 18.8. The molecule has 5 rings (SSSR count). The summed E-state index contributed by atoms with van der Waals surface area (Å²) < 4.78 is 2.17. The summed E-state index contributed by atoms with van der Waals surface area (Å²) in [7, 11) is 0. The third kappa shape index (κ3) is 3.92. The normalized spacial score (nSPS) is 14.4. The summed E-state index contributed by atoms with van der Waals surface area (Å²) in [5, 5.41) is 5.12. The van der Waals surface area contributed by atoms with Crippen LogP contribution in [-0.2, 0) is 0 Å². The van der Waals surface area contributed by atoms with E-state index in [0.29, 0.717) is 5.02 Å². The van der Waals surface area contributed by atoms with Crippen molar-refractivity contribution in [2.24, 2.45) is 9.98 Å². The number of allylic oxidation sites excluding steroid dienone is 1. The lowest BCUT2D eigenvalue weighted by Gasteiger charge is -2.21. The molecule has 2 heterocycles. The monoisotopic (exact) mass is 441 g/mol. The average molecular weight is 442 g/mol. The van der Waals surface area contributed by atoms with Crippen LogP contribution in [0.25, 0.3) is 28.1 Å². The minimum atomic E-state index is 0.147. The van der Waals surface area contributed by atoms with Crippen LogP contribution in [0.15, 0.2) is 82.5 Å². The van der Waals surface area contributed by atoms with E-state index in [-0.39, 0.29) is 6.04 Å². The molecule has 0 radical (unpaired) electrons. The standard InChI is InChI=1S/C26H24ClN5/c1-17(2)29-22-15-26-23(14-21(22)30-18-8-7-13-28-16-18)31-20-10-4-6-12-25(20)32(26)24-11-5-3-9-19(24)27/h3-6,9-17,30H,7-8H2,1-2H3. The predicted octanol–water partition coefficient (Wildman–Crippen LogP) is 6.21. The molecule has 0 aromatic heterocycles. The van der Waals surface area contributed by atoms with Crippen LogP contribution in [0, 0.1) is 0 Å². The van der Waals surface area contributed by atoms with Crippen molar-refractivity contribution in [1.29, 1.82) is 0 Å². The van der Waals surface area contributed by atoms with Gasteiger partial charge in [-0.05, 0) is 63.1 Å². The van der Waals surface area contributed by atoms with Gasteiger partial charge in [0.15, 0.2) is 0 Å². The fourth-order valence-corrected chi connectivity index (χ4v) is 4.21. The Morgan fingerprint density at radius 3 is 2.66 bits per heavy atom. The van der Waals surface area contributed by atoms with E-state index in [9.17, 15) is 0 Å². The summed E-state index contributed by atoms with van der Waals surface area (Å²) in [4.78, 5) is 14.2. The number of nitrogens with zero attached hydrogens (tertiary/aromatic N) is 4. The fourth-order valence-electron chi connectivity index (χ4n) is 3.99. The molecule has 0 atom stereocenters. The first-order chi connectivity index (χ1) is 15.6. The van der Waals surface area contributed by atoms with Gasteiger partial charge < -0.3 is 9.88 Å². The highest BCUT2D eigenvalue weighted by atomic mass is 35.5. The van der Waals surface area contributed by atoms with E-state index in [1.807, 2.05) is 54.9 Å². The van der Waals surface area contributed by atoms with Crippen molar-refractivity contribution >= 4 is 34.5 Å². The summed E-state index contributed by atoms with van der Waals surface area (Å²) in [5.41, 5.74) is 6.65. The maximum absolute atomic E-state index is 6.65. The van der Waals surface area contributed by atoms with Crippen LogP contribution >= 0.6 is 11.6 Å². The molecular weight excluding hydrogens is 418 g/mol. The third-order valence-corrected chi connectivity index (χ3v) is 5.68. The maximum atomic E-state index is 6.65. The number of anilines is 1. The molecule has 0 fully saturated rings. The lowest BCUT2D eigenvalue weighted by atomic mass is 10.1. The molecule has 0 amide bonds. The van der Waals surface area contributed by atoms with E-state index in [0.717, 1.165) is 57.7 Å². The fraction of sp³-hybridized carbons (Fsp3) is 0.192. The van der Waals surface area contributed by atoms with Gasteiger partial charge in [0, 0.05) is 24.2 Å². The molecule has 32 heavy (non-hydrogen) atoms. The van der Waals surface area contributed by atoms with Crippen molar-refractivity contribution in [2.45, 2.75) is 32.7 Å². The molecule has 2 aromatic rings. The number of hydrogen-bond donors (Lipinski definition) is 1. The van der Waals surface area contributed by atoms with Crippen LogP contribution in [0.2, 0.25) is 5.02 Å². The van der Waals surface area contributed by atoms with E-state index in [1.54, 1.807) is 0 Å². The second-order valence-corrected chi connectivity index (χ2v) is 8.53. The SMILES string of the molecule is CC(C)N=c1cc2n(-c3ccccc3Cl)c3ccccc3nc-2cc1NC1=CN=CCC1. The minimum Gasteiger partial charge on any atom is -0.356 e. The van der Waals surface area contributed by atoms with Crippen LogP contribution < -0.4 is 10.7 Å². The molecule has 2 aromatic carbocycles. The molecule has 0 bridgehead atoms. The number of para-hydroxylation sites is 3. The highest BCUT2D eigenvalue weighted by molar-refractivity contribution is 6.32. The molecule has 0 saturated carbocycles. The summed E-state index contributed by atoms with van der Waals surface area (Å²) in [6.07, 6.45) is 5.67. The first-order valence-corrected chi connectivity index (χ1v) is 11.2. The van der Waals surface area contributed by atoms with Gasteiger partial charge in [0.2, 0.25) is 0 Å². The average Bonchev–Trinajstić information content (AvgIpc) is 2.79. The first-order valence-electron chi connectivity index (χ1n) is 10.8. The second-order valence-electron chi connectivity index (χ2n) is 8.12. The molecule has 5 nitrogen and oxygen atoms in total. The zero-order valence-electron chi connectivity index (χ0n) is 18.1. The Morgan fingerprint density at radius 2 is 1.88 bits per heavy atom. The van der Waals surface area contributed by atoms with Crippen molar-refractivity contribution in [1.82, 2.24) is 9.55 Å². The highest BCUT2D eigenvalue weighted by Gasteiger charge is 2.18. The van der Waals surface area contributed by atoms with Crippen molar-refractivity contribution in [3.63, 3.8) is 0 Å². The van der Waals surface area contributed by atoms with Gasteiger partial charge in [0.05, 0.1) is 44.2 Å². The van der Waals surface area contributed by atoms with Crippen LogP contribution in [0.4, 0.5) is 5.69 Å². The van der Waals surface area contributed by atoms with Crippen LogP contribution in [0.5, 0.6) is 0 Å². The summed E-state index contributed by atoms with van der Waals surface area (Å²) in [5.74, 6) is 0. The molecule has 1 N–H and O–H groups in total. The highest BCUT2D eigenvalue weighted by Crippen LogP contribution is 2.32. The van der Waals surface area contributed by atoms with Gasteiger partial charge in [-0.3, -0.25) is 9.98 Å². The number of halogens is 1. The largest absolute Gasteiger partial charge is 0.356 e. The molecule has 0 saturated heterocycles. The smallest absolute Gasteiger partial charge is 0.0900 e. The lowest BCUT2D eigenvalue weighted by molar-refractivity contribution is 0.805. The molecule has 6 heteroatoms. The van der Waals surface area contributed by atoms with Gasteiger partial charge in [-0.1, -0.05) is 35.9 Å². The zero-order chi connectivity index (χ0) is 22.1. The summed E-state index contributed by atoms with van der Waals surface area (Å²) in [6, 6.07) is 20.3. The molecule has 0 unspecified atom stereocenters. The number of hydrogen-bond acceptors (Lipinski definition) is 4. The number of aliphatic imine (C=N–C) groups is 1. The summed E-state index contributed by atoms with van der Waals surface area (Å²) in [6.45, 7) is 4.16. The molecule has 1 aliphatic carbocycles. The van der Waals surface area contributed by atoms with E-state index in [4.69, 9.17) is 21.6 Å². The predicted molar refractivity (Wildman–Crippen MR) is 133 cm³/mol. The molecule has 160 valence electrons. The minimum absolute atomic E-state index is 0.147. The lowest BCUT2D eigenvalue weighted by Crippen LogP contribution is -2.18. The van der Waals surface area contributed by atoms with Gasteiger partial charge in [0.1, 0.15) is 0 Å². The van der Waals surface area contributed by atoms with Crippen molar-refractivity contribution < 1.29 is 0 Å². The Hall–Kier alpha value is -3.44. The molecule has 3 aliphatic rings. The van der Waals surface area contributed by atoms with Gasteiger partial charge in [-0.15, -0.1) is 0 Å². The summed E-state index contributed by atoms with van der Waals surface area (Å²) >= 11 is 6.65. The van der Waals surface area contributed by atoms with E-state index in [2.05, 4.69) is 46.9 Å². The number of benzene rings is 3. The Morgan fingerprint density at radius 1 is 1.06 bits per heavy atom. The Kier molecular flexibility index (Phi) is 5.50. The van der Waals surface area contributed by atoms with Crippen molar-refractivity contribution in [3.8, 4) is 17.1 Å². The number of rotatable bonds is 4. The number of aromatic nitrogens is 2. The van der Waals surface area contributed by atoms with Crippen molar-refractivity contribution in [2.75, 3.05) is 5.32 Å². The second kappa shape index (κ2) is 8.60. The molecule has 0 spiro atoms. The number of fused-ring (bicyclic) bond motifs is 2. The maximum Gasteiger partial charge on any atom is 0.0900 e.